The molecule has 1 heterocycles. The second-order valence-electron chi connectivity index (χ2n) is 6.30. The van der Waals surface area contributed by atoms with Crippen molar-refractivity contribution < 1.29 is 14.6 Å². The Morgan fingerprint density at radius 1 is 1.26 bits per heavy atom. The van der Waals surface area contributed by atoms with Gasteiger partial charge >= 0.3 is 5.97 Å². The fourth-order valence-corrected chi connectivity index (χ4v) is 3.97. The first-order valence-corrected chi connectivity index (χ1v) is 10.1. The number of aliphatic hydroxyl groups is 1. The standard InChI is InChI=1S/C21H24N2O3S/c1-2-26-21(25)19-14-23(15-22-19)13-17(24)9-6-12-27-20-11-5-8-16-7-3-4-10-18(16)20/h3-5,7-8,10-11,14-15,17,24H,2,6,9,12-13H2,1H3. The maximum Gasteiger partial charge on any atom is 0.358 e. The number of carbonyl (C=O) groups is 1. The Morgan fingerprint density at radius 3 is 2.93 bits per heavy atom. The number of hydrogen-bond donors (Lipinski definition) is 1. The average Bonchev–Trinajstić information content (AvgIpc) is 3.14. The third-order valence-electron chi connectivity index (χ3n) is 4.23. The van der Waals surface area contributed by atoms with Crippen molar-refractivity contribution in [2.75, 3.05) is 12.4 Å². The second-order valence-corrected chi connectivity index (χ2v) is 7.43. The van der Waals surface area contributed by atoms with Crippen LogP contribution < -0.4 is 0 Å². The van der Waals surface area contributed by atoms with Crippen molar-refractivity contribution in [2.24, 2.45) is 0 Å². The fraction of sp³-hybridized carbons (Fsp3) is 0.333. The number of aromatic nitrogens is 2. The highest BCUT2D eigenvalue weighted by molar-refractivity contribution is 7.99. The predicted octanol–water partition coefficient (Wildman–Crippen LogP) is 4.15. The maximum absolute atomic E-state index is 11.6. The molecule has 0 amide bonds. The normalized spacial score (nSPS) is 12.2. The minimum Gasteiger partial charge on any atom is -0.461 e. The monoisotopic (exact) mass is 384 g/mol. The van der Waals surface area contributed by atoms with Gasteiger partial charge in [-0.3, -0.25) is 0 Å². The van der Waals surface area contributed by atoms with E-state index in [0.717, 1.165) is 12.2 Å². The lowest BCUT2D eigenvalue weighted by Gasteiger charge is -2.11. The Hall–Kier alpha value is -2.31. The van der Waals surface area contributed by atoms with Gasteiger partial charge in [-0.15, -0.1) is 11.8 Å². The number of benzene rings is 2. The number of thioether (sulfide) groups is 1. The van der Waals surface area contributed by atoms with E-state index in [2.05, 4.69) is 47.4 Å². The molecule has 27 heavy (non-hydrogen) atoms. The van der Waals surface area contributed by atoms with Gasteiger partial charge in [0.05, 0.1) is 19.0 Å². The van der Waals surface area contributed by atoms with E-state index >= 15 is 0 Å². The Balaban J connectivity index is 1.44. The molecular weight excluding hydrogens is 360 g/mol. The molecule has 0 saturated carbocycles. The summed E-state index contributed by atoms with van der Waals surface area (Å²) in [5.41, 5.74) is 0.274. The highest BCUT2D eigenvalue weighted by Crippen LogP contribution is 2.28. The number of fused-ring (bicyclic) bond motifs is 1. The summed E-state index contributed by atoms with van der Waals surface area (Å²) in [4.78, 5) is 16.9. The van der Waals surface area contributed by atoms with Crippen molar-refractivity contribution in [2.45, 2.75) is 37.3 Å². The first-order valence-electron chi connectivity index (χ1n) is 9.15. The molecule has 3 aromatic rings. The number of nitrogens with zero attached hydrogens (tertiary/aromatic N) is 2. The minimum atomic E-state index is -0.470. The first kappa shape index (κ1) is 19.5. The molecule has 3 rings (SSSR count). The molecule has 142 valence electrons. The van der Waals surface area contributed by atoms with Crippen molar-refractivity contribution in [3.8, 4) is 0 Å². The van der Waals surface area contributed by atoms with Gasteiger partial charge in [0.2, 0.25) is 0 Å². The zero-order valence-electron chi connectivity index (χ0n) is 15.4. The number of ether oxygens (including phenoxy) is 1. The molecule has 2 aromatic carbocycles. The Bertz CT molecular complexity index is 889. The zero-order chi connectivity index (χ0) is 19.1. The molecule has 1 N–H and O–H groups in total. The quantitative estimate of drug-likeness (QED) is 0.341. The lowest BCUT2D eigenvalue weighted by atomic mass is 10.1. The summed E-state index contributed by atoms with van der Waals surface area (Å²) in [6.07, 6.45) is 4.31. The van der Waals surface area contributed by atoms with Crippen molar-refractivity contribution in [3.63, 3.8) is 0 Å². The van der Waals surface area contributed by atoms with E-state index in [9.17, 15) is 9.90 Å². The van der Waals surface area contributed by atoms with E-state index in [4.69, 9.17) is 4.74 Å². The van der Waals surface area contributed by atoms with Crippen molar-refractivity contribution in [3.05, 3.63) is 60.7 Å². The molecule has 1 aromatic heterocycles. The maximum atomic E-state index is 11.6. The molecule has 1 unspecified atom stereocenters. The van der Waals surface area contributed by atoms with Crippen LogP contribution in [0.2, 0.25) is 0 Å². The fourth-order valence-electron chi connectivity index (χ4n) is 2.93. The van der Waals surface area contributed by atoms with Gasteiger partial charge in [-0.2, -0.15) is 0 Å². The molecule has 0 spiro atoms. The number of rotatable bonds is 9. The van der Waals surface area contributed by atoms with Gasteiger partial charge in [0, 0.05) is 17.6 Å². The Labute approximate surface area is 163 Å². The SMILES string of the molecule is CCOC(=O)c1cn(CC(O)CCCSc2cccc3ccccc23)cn1. The van der Waals surface area contributed by atoms with Gasteiger partial charge in [-0.05, 0) is 42.4 Å². The van der Waals surface area contributed by atoms with E-state index in [1.807, 2.05) is 11.8 Å². The van der Waals surface area contributed by atoms with E-state index < -0.39 is 12.1 Å². The molecular formula is C21H24N2O3S. The van der Waals surface area contributed by atoms with Crippen LogP contribution in [0.5, 0.6) is 0 Å². The smallest absolute Gasteiger partial charge is 0.358 e. The van der Waals surface area contributed by atoms with E-state index in [1.54, 1.807) is 24.0 Å². The van der Waals surface area contributed by atoms with Crippen LogP contribution in [0.4, 0.5) is 0 Å². The van der Waals surface area contributed by atoms with Gasteiger partial charge in [0.15, 0.2) is 5.69 Å². The lowest BCUT2D eigenvalue weighted by molar-refractivity contribution is 0.0519. The highest BCUT2D eigenvalue weighted by Gasteiger charge is 2.12. The number of hydrogen-bond acceptors (Lipinski definition) is 5. The molecule has 0 aliphatic rings. The minimum absolute atomic E-state index is 0.274. The van der Waals surface area contributed by atoms with Crippen LogP contribution in [0.3, 0.4) is 0 Å². The summed E-state index contributed by atoms with van der Waals surface area (Å²) < 4.78 is 6.65. The summed E-state index contributed by atoms with van der Waals surface area (Å²) in [7, 11) is 0. The molecule has 0 saturated heterocycles. The summed E-state index contributed by atoms with van der Waals surface area (Å²) >= 11 is 1.82. The third-order valence-corrected chi connectivity index (χ3v) is 5.39. The average molecular weight is 385 g/mol. The molecule has 0 radical (unpaired) electrons. The number of esters is 1. The van der Waals surface area contributed by atoms with Crippen LogP contribution in [0, 0.1) is 0 Å². The zero-order valence-corrected chi connectivity index (χ0v) is 16.2. The molecule has 0 aliphatic carbocycles. The van der Waals surface area contributed by atoms with Gasteiger partial charge in [0.1, 0.15) is 0 Å². The van der Waals surface area contributed by atoms with Crippen LogP contribution >= 0.6 is 11.8 Å². The molecule has 5 nitrogen and oxygen atoms in total. The van der Waals surface area contributed by atoms with Gasteiger partial charge < -0.3 is 14.4 Å². The lowest BCUT2D eigenvalue weighted by Crippen LogP contribution is -2.15. The number of carbonyl (C=O) groups excluding carboxylic acids is 1. The van der Waals surface area contributed by atoms with Gasteiger partial charge in [-0.1, -0.05) is 36.4 Å². The predicted molar refractivity (Wildman–Crippen MR) is 108 cm³/mol. The molecule has 0 fully saturated rings. The van der Waals surface area contributed by atoms with E-state index in [-0.39, 0.29) is 5.69 Å². The summed E-state index contributed by atoms with van der Waals surface area (Å²) in [6.45, 7) is 2.50. The van der Waals surface area contributed by atoms with Gasteiger partial charge in [0.25, 0.3) is 0 Å². The number of aliphatic hydroxyl groups excluding tert-OH is 1. The topological polar surface area (TPSA) is 64.3 Å². The van der Waals surface area contributed by atoms with Crippen LogP contribution in [0.15, 0.2) is 59.9 Å². The van der Waals surface area contributed by atoms with Crippen molar-refractivity contribution >= 4 is 28.5 Å². The molecule has 6 heteroatoms. The largest absolute Gasteiger partial charge is 0.461 e. The van der Waals surface area contributed by atoms with Crippen LogP contribution in [-0.2, 0) is 11.3 Å². The van der Waals surface area contributed by atoms with Gasteiger partial charge in [-0.25, -0.2) is 9.78 Å². The Morgan fingerprint density at radius 2 is 2.07 bits per heavy atom. The van der Waals surface area contributed by atoms with Crippen molar-refractivity contribution in [1.82, 2.24) is 9.55 Å². The molecule has 0 bridgehead atoms. The van der Waals surface area contributed by atoms with Crippen molar-refractivity contribution in [1.29, 1.82) is 0 Å². The van der Waals surface area contributed by atoms with Crippen LogP contribution in [0.25, 0.3) is 10.8 Å². The number of imidazole rings is 1. The summed E-state index contributed by atoms with van der Waals surface area (Å²) in [5, 5.41) is 12.8. The molecule has 1 atom stereocenters. The third kappa shape index (κ3) is 5.34. The van der Waals surface area contributed by atoms with Crippen LogP contribution in [0.1, 0.15) is 30.3 Å². The second kappa shape index (κ2) is 9.58. The summed E-state index contributed by atoms with van der Waals surface area (Å²) in [6, 6.07) is 14.7. The highest BCUT2D eigenvalue weighted by atomic mass is 32.2. The van der Waals surface area contributed by atoms with E-state index in [1.165, 1.54) is 15.7 Å². The first-order chi connectivity index (χ1) is 13.2. The van der Waals surface area contributed by atoms with E-state index in [0.29, 0.717) is 19.6 Å². The Kier molecular flexibility index (Phi) is 6.90. The van der Waals surface area contributed by atoms with Crippen LogP contribution in [-0.4, -0.2) is 39.1 Å². The molecule has 0 aliphatic heterocycles. The summed E-state index contributed by atoms with van der Waals surface area (Å²) in [5.74, 6) is 0.514.